The van der Waals surface area contributed by atoms with Gasteiger partial charge in [-0.1, -0.05) is 32.4 Å². The van der Waals surface area contributed by atoms with Gasteiger partial charge < -0.3 is 10.2 Å². The standard InChI is InChI=1S/C15H22BrClN2/c1-15(2,3)14-10-19(8-4-7-18-14)13-6-5-11(17)9-12(13)16/h5-6,9,14,18H,4,7-8,10H2,1-3H3. The normalized spacial score (nSPS) is 21.3. The van der Waals surface area contributed by atoms with Crippen molar-refractivity contribution >= 4 is 33.2 Å². The van der Waals surface area contributed by atoms with E-state index in [9.17, 15) is 0 Å². The average Bonchev–Trinajstić information content (AvgIpc) is 2.54. The summed E-state index contributed by atoms with van der Waals surface area (Å²) in [5, 5.41) is 4.44. The molecule has 19 heavy (non-hydrogen) atoms. The van der Waals surface area contributed by atoms with Crippen molar-refractivity contribution in [1.82, 2.24) is 5.32 Å². The second kappa shape index (κ2) is 6.02. The van der Waals surface area contributed by atoms with Gasteiger partial charge in [-0.3, -0.25) is 0 Å². The van der Waals surface area contributed by atoms with E-state index in [-0.39, 0.29) is 5.41 Å². The fourth-order valence-electron chi connectivity index (χ4n) is 2.46. The molecule has 1 unspecified atom stereocenters. The number of hydrogen-bond donors (Lipinski definition) is 1. The van der Waals surface area contributed by atoms with Gasteiger partial charge in [0, 0.05) is 28.6 Å². The highest BCUT2D eigenvalue weighted by Gasteiger charge is 2.28. The molecule has 106 valence electrons. The third-order valence-electron chi connectivity index (χ3n) is 3.69. The molecule has 0 spiro atoms. The molecule has 1 saturated heterocycles. The molecule has 2 nitrogen and oxygen atoms in total. The van der Waals surface area contributed by atoms with Crippen LogP contribution in [0, 0.1) is 5.41 Å². The molecular formula is C15H22BrClN2. The summed E-state index contributed by atoms with van der Waals surface area (Å²) in [6.45, 7) is 10.1. The summed E-state index contributed by atoms with van der Waals surface area (Å²) in [5.74, 6) is 0. The van der Waals surface area contributed by atoms with Gasteiger partial charge in [-0.15, -0.1) is 0 Å². The van der Waals surface area contributed by atoms with Crippen molar-refractivity contribution in [2.24, 2.45) is 5.41 Å². The monoisotopic (exact) mass is 344 g/mol. The molecule has 1 N–H and O–H groups in total. The van der Waals surface area contributed by atoms with E-state index in [1.807, 2.05) is 12.1 Å². The zero-order valence-electron chi connectivity index (χ0n) is 11.8. The van der Waals surface area contributed by atoms with E-state index < -0.39 is 0 Å². The maximum atomic E-state index is 6.03. The minimum atomic E-state index is 0.265. The SMILES string of the molecule is CC(C)(C)C1CN(c2ccc(Cl)cc2Br)CCCN1. The Labute approximate surface area is 129 Å². The number of anilines is 1. The van der Waals surface area contributed by atoms with E-state index in [2.05, 4.69) is 53.0 Å². The molecule has 0 aliphatic carbocycles. The van der Waals surface area contributed by atoms with Gasteiger partial charge in [-0.25, -0.2) is 0 Å². The Morgan fingerprint density at radius 3 is 2.74 bits per heavy atom. The zero-order valence-corrected chi connectivity index (χ0v) is 14.2. The van der Waals surface area contributed by atoms with Gasteiger partial charge in [-0.05, 0) is 52.5 Å². The van der Waals surface area contributed by atoms with Crippen molar-refractivity contribution in [2.75, 3.05) is 24.5 Å². The summed E-state index contributed by atoms with van der Waals surface area (Å²) in [5.41, 5.74) is 1.50. The van der Waals surface area contributed by atoms with Crippen molar-refractivity contribution in [3.63, 3.8) is 0 Å². The molecular weight excluding hydrogens is 324 g/mol. The van der Waals surface area contributed by atoms with E-state index in [4.69, 9.17) is 11.6 Å². The maximum absolute atomic E-state index is 6.03. The molecule has 1 fully saturated rings. The van der Waals surface area contributed by atoms with Crippen LogP contribution in [0.15, 0.2) is 22.7 Å². The van der Waals surface area contributed by atoms with Crippen molar-refractivity contribution in [2.45, 2.75) is 33.2 Å². The first-order valence-electron chi connectivity index (χ1n) is 6.81. The minimum absolute atomic E-state index is 0.265. The second-order valence-electron chi connectivity index (χ2n) is 6.27. The van der Waals surface area contributed by atoms with Crippen LogP contribution < -0.4 is 10.2 Å². The summed E-state index contributed by atoms with van der Waals surface area (Å²) < 4.78 is 1.08. The molecule has 1 aliphatic heterocycles. The largest absolute Gasteiger partial charge is 0.369 e. The molecule has 1 heterocycles. The topological polar surface area (TPSA) is 15.3 Å². The van der Waals surface area contributed by atoms with Crippen LogP contribution in [-0.4, -0.2) is 25.7 Å². The molecule has 2 rings (SSSR count). The lowest BCUT2D eigenvalue weighted by Crippen LogP contribution is -2.46. The molecule has 1 aromatic rings. The number of nitrogens with one attached hydrogen (secondary N) is 1. The molecule has 0 bridgehead atoms. The highest BCUT2D eigenvalue weighted by Crippen LogP contribution is 2.31. The summed E-state index contributed by atoms with van der Waals surface area (Å²) in [4.78, 5) is 2.45. The quantitative estimate of drug-likeness (QED) is 0.815. The van der Waals surface area contributed by atoms with Crippen LogP contribution in [-0.2, 0) is 0 Å². The van der Waals surface area contributed by atoms with Crippen LogP contribution in [0.25, 0.3) is 0 Å². The number of halogens is 2. The van der Waals surface area contributed by atoms with Gasteiger partial charge in [0.15, 0.2) is 0 Å². The van der Waals surface area contributed by atoms with E-state index >= 15 is 0 Å². The first-order valence-corrected chi connectivity index (χ1v) is 7.98. The third kappa shape index (κ3) is 3.87. The highest BCUT2D eigenvalue weighted by atomic mass is 79.9. The minimum Gasteiger partial charge on any atom is -0.369 e. The van der Waals surface area contributed by atoms with Crippen LogP contribution >= 0.6 is 27.5 Å². The molecule has 0 amide bonds. The van der Waals surface area contributed by atoms with Crippen LogP contribution in [0.1, 0.15) is 27.2 Å². The van der Waals surface area contributed by atoms with Crippen molar-refractivity contribution in [3.8, 4) is 0 Å². The first-order chi connectivity index (χ1) is 8.88. The molecule has 4 heteroatoms. The van der Waals surface area contributed by atoms with Crippen molar-refractivity contribution in [1.29, 1.82) is 0 Å². The summed E-state index contributed by atoms with van der Waals surface area (Å²) >= 11 is 9.66. The van der Waals surface area contributed by atoms with Crippen LogP contribution in [0.4, 0.5) is 5.69 Å². The van der Waals surface area contributed by atoms with Crippen molar-refractivity contribution < 1.29 is 0 Å². The first kappa shape index (κ1) is 15.1. The second-order valence-corrected chi connectivity index (χ2v) is 7.56. The summed E-state index contributed by atoms with van der Waals surface area (Å²) in [7, 11) is 0. The molecule has 0 aromatic heterocycles. The molecule has 1 aliphatic rings. The van der Waals surface area contributed by atoms with Gasteiger partial charge in [0.25, 0.3) is 0 Å². The van der Waals surface area contributed by atoms with E-state index in [0.717, 1.165) is 29.1 Å². The van der Waals surface area contributed by atoms with E-state index in [0.29, 0.717) is 6.04 Å². The Morgan fingerprint density at radius 2 is 2.11 bits per heavy atom. The Hall–Kier alpha value is -0.250. The van der Waals surface area contributed by atoms with Crippen LogP contribution in [0.5, 0.6) is 0 Å². The predicted octanol–water partition coefficient (Wildman–Crippen LogP) is 4.32. The van der Waals surface area contributed by atoms with E-state index in [1.165, 1.54) is 12.1 Å². The van der Waals surface area contributed by atoms with Gasteiger partial charge in [0.05, 0.1) is 5.69 Å². The maximum Gasteiger partial charge on any atom is 0.0512 e. The Morgan fingerprint density at radius 1 is 1.37 bits per heavy atom. The Balaban J connectivity index is 2.22. The number of benzene rings is 1. The molecule has 0 saturated carbocycles. The summed E-state index contributed by atoms with van der Waals surface area (Å²) in [6, 6.07) is 6.54. The lowest BCUT2D eigenvalue weighted by atomic mass is 9.86. The van der Waals surface area contributed by atoms with Gasteiger partial charge in [0.2, 0.25) is 0 Å². The lowest BCUT2D eigenvalue weighted by Gasteiger charge is -2.35. The van der Waals surface area contributed by atoms with E-state index in [1.54, 1.807) is 0 Å². The Kier molecular flexibility index (Phi) is 4.80. The van der Waals surface area contributed by atoms with Crippen LogP contribution in [0.3, 0.4) is 0 Å². The van der Waals surface area contributed by atoms with Gasteiger partial charge >= 0.3 is 0 Å². The smallest absolute Gasteiger partial charge is 0.0512 e. The van der Waals surface area contributed by atoms with Gasteiger partial charge in [-0.2, -0.15) is 0 Å². The summed E-state index contributed by atoms with van der Waals surface area (Å²) in [6.07, 6.45) is 1.17. The lowest BCUT2D eigenvalue weighted by molar-refractivity contribution is 0.280. The average molecular weight is 346 g/mol. The predicted molar refractivity (Wildman–Crippen MR) is 87.2 cm³/mol. The Bertz CT molecular complexity index is 442. The zero-order chi connectivity index (χ0) is 14.0. The fourth-order valence-corrected chi connectivity index (χ4v) is 3.39. The number of hydrogen-bond acceptors (Lipinski definition) is 2. The highest BCUT2D eigenvalue weighted by molar-refractivity contribution is 9.10. The molecule has 1 aromatic carbocycles. The van der Waals surface area contributed by atoms with Crippen LogP contribution in [0.2, 0.25) is 5.02 Å². The van der Waals surface area contributed by atoms with Crippen molar-refractivity contribution in [3.05, 3.63) is 27.7 Å². The number of rotatable bonds is 1. The molecule has 1 atom stereocenters. The fraction of sp³-hybridized carbons (Fsp3) is 0.600. The van der Waals surface area contributed by atoms with Gasteiger partial charge in [0.1, 0.15) is 0 Å². The molecule has 0 radical (unpaired) electrons. The number of nitrogens with zero attached hydrogens (tertiary/aromatic N) is 1. The third-order valence-corrected chi connectivity index (χ3v) is 4.56.